The van der Waals surface area contributed by atoms with Crippen LogP contribution in [0, 0.1) is 0 Å². The summed E-state index contributed by atoms with van der Waals surface area (Å²) in [5.41, 5.74) is 0.539. The van der Waals surface area contributed by atoms with E-state index in [0.717, 1.165) is 0 Å². The van der Waals surface area contributed by atoms with E-state index < -0.39 is 24.1 Å². The minimum atomic E-state index is -0.987. The Morgan fingerprint density at radius 2 is 1.48 bits per heavy atom. The molecule has 3 rings (SSSR count). The maximum atomic E-state index is 13.0. The lowest BCUT2D eigenvalue weighted by molar-refractivity contribution is -0.151. The van der Waals surface area contributed by atoms with Crippen LogP contribution in [0.3, 0.4) is 0 Å². The Balaban J connectivity index is 2.09. The van der Waals surface area contributed by atoms with Gasteiger partial charge < -0.3 is 23.4 Å². The van der Waals surface area contributed by atoms with Gasteiger partial charge in [-0.2, -0.15) is 0 Å². The highest BCUT2D eigenvalue weighted by atomic mass is 16.6. The molecule has 0 fully saturated rings. The summed E-state index contributed by atoms with van der Waals surface area (Å²) in [4.78, 5) is 37.1. The fourth-order valence-corrected chi connectivity index (χ4v) is 3.14. The number of ether oxygens (including phenoxy) is 4. The van der Waals surface area contributed by atoms with Crippen molar-refractivity contribution in [2.75, 3.05) is 13.2 Å². The molecule has 33 heavy (non-hydrogen) atoms. The minimum absolute atomic E-state index is 0.0764. The molecule has 8 nitrogen and oxygen atoms in total. The Kier molecular flexibility index (Phi) is 7.71. The van der Waals surface area contributed by atoms with E-state index in [1.165, 1.54) is 25.1 Å². The summed E-state index contributed by atoms with van der Waals surface area (Å²) in [6.45, 7) is 6.84. The summed E-state index contributed by atoms with van der Waals surface area (Å²) >= 11 is 0. The molecular weight excluding hydrogens is 428 g/mol. The highest BCUT2D eigenvalue weighted by Gasteiger charge is 2.22. The van der Waals surface area contributed by atoms with E-state index in [-0.39, 0.29) is 41.1 Å². The molecule has 0 aliphatic heterocycles. The number of benzene rings is 2. The molecule has 174 valence electrons. The summed E-state index contributed by atoms with van der Waals surface area (Å²) in [6.07, 6.45) is -1.90. The molecular formula is C25H26O8. The molecule has 1 heterocycles. The Morgan fingerprint density at radius 3 is 2.09 bits per heavy atom. The zero-order valence-corrected chi connectivity index (χ0v) is 19.0. The Bertz CT molecular complexity index is 1180. The number of esters is 2. The van der Waals surface area contributed by atoms with Gasteiger partial charge in [0, 0.05) is 23.8 Å². The maximum absolute atomic E-state index is 13.0. The first kappa shape index (κ1) is 23.8. The topological polar surface area (TPSA) is 101 Å². The van der Waals surface area contributed by atoms with E-state index in [1.807, 2.05) is 30.3 Å². The van der Waals surface area contributed by atoms with Crippen LogP contribution < -0.4 is 14.9 Å². The van der Waals surface area contributed by atoms with E-state index in [9.17, 15) is 14.4 Å². The van der Waals surface area contributed by atoms with Crippen molar-refractivity contribution in [3.05, 3.63) is 58.8 Å². The van der Waals surface area contributed by atoms with Crippen molar-refractivity contribution in [2.45, 2.75) is 39.9 Å². The van der Waals surface area contributed by atoms with Gasteiger partial charge in [-0.15, -0.1) is 0 Å². The van der Waals surface area contributed by atoms with E-state index in [0.29, 0.717) is 11.3 Å². The standard InChI is InChI=1S/C25H26O8/c1-5-29-24(27)15(3)31-18-12-21(32-16(4)25(28)30-6-2)23-19(26)14-20(33-22(23)13-18)17-10-8-7-9-11-17/h7-16H,5-6H2,1-4H3/t15-,16-/m0/s1. The lowest BCUT2D eigenvalue weighted by Crippen LogP contribution is -2.27. The van der Waals surface area contributed by atoms with Crippen molar-refractivity contribution in [1.82, 2.24) is 0 Å². The SMILES string of the molecule is CCOC(=O)[C@H](C)Oc1cc(O[C@@H](C)C(=O)OCC)c2c(=O)cc(-c3ccccc3)oc2c1. The van der Waals surface area contributed by atoms with Gasteiger partial charge in [0.1, 0.15) is 28.2 Å². The minimum Gasteiger partial charge on any atom is -0.479 e. The van der Waals surface area contributed by atoms with Crippen LogP contribution in [0.4, 0.5) is 0 Å². The number of carbonyl (C=O) groups is 2. The van der Waals surface area contributed by atoms with E-state index in [2.05, 4.69) is 0 Å². The van der Waals surface area contributed by atoms with Gasteiger partial charge in [0.25, 0.3) is 0 Å². The third-order valence-corrected chi connectivity index (χ3v) is 4.68. The molecule has 0 spiro atoms. The average Bonchev–Trinajstić information content (AvgIpc) is 2.79. The zero-order chi connectivity index (χ0) is 24.0. The molecule has 0 saturated heterocycles. The summed E-state index contributed by atoms with van der Waals surface area (Å²) in [5, 5.41) is 0.141. The van der Waals surface area contributed by atoms with Crippen LogP contribution in [-0.4, -0.2) is 37.4 Å². The van der Waals surface area contributed by atoms with Crippen LogP contribution in [0.15, 0.2) is 57.7 Å². The van der Waals surface area contributed by atoms with Crippen molar-refractivity contribution < 1.29 is 33.0 Å². The molecule has 0 radical (unpaired) electrons. The van der Waals surface area contributed by atoms with Gasteiger partial charge >= 0.3 is 11.9 Å². The second-order valence-electron chi connectivity index (χ2n) is 7.16. The third-order valence-electron chi connectivity index (χ3n) is 4.68. The normalized spacial score (nSPS) is 12.6. The molecule has 0 saturated carbocycles. The highest BCUT2D eigenvalue weighted by Crippen LogP contribution is 2.33. The Hall–Kier alpha value is -3.81. The number of fused-ring (bicyclic) bond motifs is 1. The summed E-state index contributed by atoms with van der Waals surface area (Å²) in [5.74, 6) is -0.482. The first-order valence-corrected chi connectivity index (χ1v) is 10.7. The van der Waals surface area contributed by atoms with Crippen molar-refractivity contribution in [3.8, 4) is 22.8 Å². The molecule has 0 N–H and O–H groups in total. The van der Waals surface area contributed by atoms with Crippen LogP contribution >= 0.6 is 0 Å². The average molecular weight is 454 g/mol. The first-order chi connectivity index (χ1) is 15.8. The van der Waals surface area contributed by atoms with Gasteiger partial charge in [-0.1, -0.05) is 30.3 Å². The third kappa shape index (κ3) is 5.71. The Labute approximate surface area is 191 Å². The molecule has 0 aliphatic rings. The van der Waals surface area contributed by atoms with Gasteiger partial charge in [0.15, 0.2) is 17.6 Å². The quantitative estimate of drug-likeness (QED) is 0.445. The molecule has 0 aliphatic carbocycles. The van der Waals surface area contributed by atoms with Crippen molar-refractivity contribution in [1.29, 1.82) is 0 Å². The second kappa shape index (κ2) is 10.7. The molecule has 0 bridgehead atoms. The monoisotopic (exact) mass is 454 g/mol. The summed E-state index contributed by atoms with van der Waals surface area (Å²) in [7, 11) is 0. The smallest absolute Gasteiger partial charge is 0.347 e. The molecule has 8 heteroatoms. The predicted molar refractivity (Wildman–Crippen MR) is 121 cm³/mol. The predicted octanol–water partition coefficient (Wildman–Crippen LogP) is 4.12. The number of hydrogen-bond donors (Lipinski definition) is 0. The highest BCUT2D eigenvalue weighted by molar-refractivity contribution is 5.87. The zero-order valence-electron chi connectivity index (χ0n) is 19.0. The number of rotatable bonds is 9. The largest absolute Gasteiger partial charge is 0.479 e. The van der Waals surface area contributed by atoms with Gasteiger partial charge in [0.2, 0.25) is 0 Å². The van der Waals surface area contributed by atoms with Crippen LogP contribution in [0.1, 0.15) is 27.7 Å². The van der Waals surface area contributed by atoms with Crippen molar-refractivity contribution in [2.24, 2.45) is 0 Å². The van der Waals surface area contributed by atoms with Crippen molar-refractivity contribution in [3.63, 3.8) is 0 Å². The molecule has 2 atom stereocenters. The van der Waals surface area contributed by atoms with Crippen molar-refractivity contribution >= 4 is 22.9 Å². The molecule has 0 unspecified atom stereocenters. The van der Waals surface area contributed by atoms with Gasteiger partial charge in [-0.25, -0.2) is 9.59 Å². The molecule has 1 aromatic heterocycles. The summed E-state index contributed by atoms with van der Waals surface area (Å²) in [6, 6.07) is 13.4. The van der Waals surface area contributed by atoms with Crippen LogP contribution in [0.25, 0.3) is 22.3 Å². The van der Waals surface area contributed by atoms with Crippen LogP contribution in [0.5, 0.6) is 11.5 Å². The number of hydrogen-bond acceptors (Lipinski definition) is 8. The van der Waals surface area contributed by atoms with Crippen LogP contribution in [-0.2, 0) is 19.1 Å². The van der Waals surface area contributed by atoms with Gasteiger partial charge in [-0.05, 0) is 27.7 Å². The van der Waals surface area contributed by atoms with E-state index in [4.69, 9.17) is 23.4 Å². The van der Waals surface area contributed by atoms with Gasteiger partial charge in [0.05, 0.1) is 13.2 Å². The summed E-state index contributed by atoms with van der Waals surface area (Å²) < 4.78 is 27.5. The number of carbonyl (C=O) groups excluding carboxylic acids is 2. The molecule has 2 aromatic carbocycles. The van der Waals surface area contributed by atoms with Crippen LogP contribution in [0.2, 0.25) is 0 Å². The second-order valence-corrected chi connectivity index (χ2v) is 7.16. The fourth-order valence-electron chi connectivity index (χ4n) is 3.14. The molecule has 3 aromatic rings. The van der Waals surface area contributed by atoms with E-state index >= 15 is 0 Å². The Morgan fingerprint density at radius 1 is 0.879 bits per heavy atom. The maximum Gasteiger partial charge on any atom is 0.347 e. The molecule has 0 amide bonds. The van der Waals surface area contributed by atoms with E-state index in [1.54, 1.807) is 20.8 Å². The fraction of sp³-hybridized carbons (Fsp3) is 0.320. The lowest BCUT2D eigenvalue weighted by Gasteiger charge is -2.18. The first-order valence-electron chi connectivity index (χ1n) is 10.7. The lowest BCUT2D eigenvalue weighted by atomic mass is 10.1. The van der Waals surface area contributed by atoms with Gasteiger partial charge in [-0.3, -0.25) is 4.79 Å².